The lowest BCUT2D eigenvalue weighted by Gasteiger charge is -2.08. The van der Waals surface area contributed by atoms with Crippen molar-refractivity contribution in [2.24, 2.45) is 5.73 Å². The van der Waals surface area contributed by atoms with Gasteiger partial charge in [0.25, 0.3) is 0 Å². The molecule has 3 heteroatoms. The molecule has 0 fully saturated rings. The number of carbonyl (C=O) groups is 1. The average molecular weight is 115 g/mol. The third-order valence-electron chi connectivity index (χ3n) is 0.846. The van der Waals surface area contributed by atoms with Crippen LogP contribution in [0.2, 0.25) is 0 Å². The van der Waals surface area contributed by atoms with Gasteiger partial charge in [-0.25, -0.2) is 0 Å². The fraction of sp³-hybridized carbons (Fsp3) is 0.600. The summed E-state index contributed by atoms with van der Waals surface area (Å²) in [4.78, 5) is 11.8. The van der Waals surface area contributed by atoms with Crippen LogP contribution in [0.1, 0.15) is 6.92 Å². The zero-order chi connectivity index (χ0) is 6.57. The van der Waals surface area contributed by atoms with Gasteiger partial charge < -0.3 is 5.73 Å². The van der Waals surface area contributed by atoms with Crippen LogP contribution in [0.4, 0.5) is 0 Å². The smallest absolute Gasteiger partial charge is 0.236 e. The minimum atomic E-state index is -0.394. The van der Waals surface area contributed by atoms with Crippen molar-refractivity contribution in [3.05, 3.63) is 6.54 Å². The van der Waals surface area contributed by atoms with E-state index in [1.807, 2.05) is 6.92 Å². The Kier molecular flexibility index (Phi) is 3.19. The molecule has 0 aromatic carbocycles. The van der Waals surface area contributed by atoms with Crippen LogP contribution in [0, 0.1) is 6.54 Å². The maximum Gasteiger partial charge on any atom is 0.236 e. The van der Waals surface area contributed by atoms with Crippen LogP contribution in [0.3, 0.4) is 0 Å². The van der Waals surface area contributed by atoms with E-state index < -0.39 is 5.91 Å². The standard InChI is InChI=1S/C5H11N2O/c1-3-7(2)4-5(6)8/h4H,3H2,1-2H3,(H2,6,8). The Balaban J connectivity index is 3.24. The van der Waals surface area contributed by atoms with Crippen molar-refractivity contribution < 1.29 is 4.79 Å². The van der Waals surface area contributed by atoms with Crippen molar-refractivity contribution in [1.29, 1.82) is 0 Å². The maximum atomic E-state index is 10.1. The normalized spacial score (nSPS) is 9.88. The summed E-state index contributed by atoms with van der Waals surface area (Å²) in [5.74, 6) is -0.394. The first-order valence-electron chi connectivity index (χ1n) is 2.51. The molecule has 1 amide bonds. The van der Waals surface area contributed by atoms with E-state index in [0.717, 1.165) is 6.54 Å². The van der Waals surface area contributed by atoms with Gasteiger partial charge in [0.15, 0.2) is 0 Å². The lowest BCUT2D eigenvalue weighted by atomic mass is 10.5. The van der Waals surface area contributed by atoms with Crippen LogP contribution >= 0.6 is 0 Å². The number of hydrogen-bond donors (Lipinski definition) is 1. The third-order valence-corrected chi connectivity index (χ3v) is 0.846. The van der Waals surface area contributed by atoms with E-state index in [1.165, 1.54) is 6.54 Å². The molecule has 0 atom stereocenters. The predicted octanol–water partition coefficient (Wildman–Crippen LogP) is -0.415. The minimum absolute atomic E-state index is 0.394. The molecule has 0 aliphatic carbocycles. The molecule has 47 valence electrons. The number of amides is 1. The van der Waals surface area contributed by atoms with Gasteiger partial charge in [-0.15, -0.1) is 0 Å². The van der Waals surface area contributed by atoms with Crippen molar-refractivity contribution >= 4 is 5.91 Å². The number of hydrogen-bond acceptors (Lipinski definition) is 2. The van der Waals surface area contributed by atoms with E-state index in [4.69, 9.17) is 5.73 Å². The van der Waals surface area contributed by atoms with E-state index in [9.17, 15) is 4.79 Å². The summed E-state index contributed by atoms with van der Waals surface area (Å²) in [6.45, 7) is 4.11. The highest BCUT2D eigenvalue weighted by Crippen LogP contribution is 1.82. The molecule has 8 heavy (non-hydrogen) atoms. The molecular weight excluding hydrogens is 104 g/mol. The molecule has 0 aromatic heterocycles. The summed E-state index contributed by atoms with van der Waals surface area (Å²) >= 11 is 0. The summed E-state index contributed by atoms with van der Waals surface area (Å²) < 4.78 is 0. The number of carbonyl (C=O) groups excluding carboxylic acids is 1. The lowest BCUT2D eigenvalue weighted by molar-refractivity contribution is -0.116. The second-order valence-corrected chi connectivity index (χ2v) is 1.60. The second-order valence-electron chi connectivity index (χ2n) is 1.60. The van der Waals surface area contributed by atoms with Crippen LogP contribution in [-0.4, -0.2) is 24.4 Å². The van der Waals surface area contributed by atoms with E-state index in [-0.39, 0.29) is 0 Å². The summed E-state index contributed by atoms with van der Waals surface area (Å²) in [5.41, 5.74) is 4.83. The molecule has 0 bridgehead atoms. The monoisotopic (exact) mass is 115 g/mol. The Morgan fingerprint density at radius 3 is 2.50 bits per heavy atom. The van der Waals surface area contributed by atoms with Crippen LogP contribution < -0.4 is 5.73 Å². The van der Waals surface area contributed by atoms with E-state index in [0.29, 0.717) is 0 Å². The van der Waals surface area contributed by atoms with Crippen molar-refractivity contribution in [3.8, 4) is 0 Å². The van der Waals surface area contributed by atoms with Crippen LogP contribution in [0.5, 0.6) is 0 Å². The first-order valence-corrected chi connectivity index (χ1v) is 2.51. The van der Waals surface area contributed by atoms with Gasteiger partial charge in [-0.05, 0) is 13.6 Å². The quantitative estimate of drug-likeness (QED) is 0.543. The van der Waals surface area contributed by atoms with Gasteiger partial charge in [0, 0.05) is 0 Å². The number of rotatable bonds is 3. The Labute approximate surface area is 49.5 Å². The van der Waals surface area contributed by atoms with Gasteiger partial charge >= 0.3 is 0 Å². The zero-order valence-electron chi connectivity index (χ0n) is 5.22. The zero-order valence-corrected chi connectivity index (χ0v) is 5.22. The van der Waals surface area contributed by atoms with Crippen LogP contribution in [-0.2, 0) is 4.79 Å². The summed E-state index contributed by atoms with van der Waals surface area (Å²) in [5, 5.41) is 0. The molecule has 1 radical (unpaired) electrons. The Hall–Kier alpha value is -0.570. The topological polar surface area (TPSA) is 46.3 Å². The maximum absolute atomic E-state index is 10.1. The molecular formula is C5H11N2O. The minimum Gasteiger partial charge on any atom is -0.368 e. The average Bonchev–Trinajstić information content (AvgIpc) is 1.65. The van der Waals surface area contributed by atoms with Gasteiger partial charge in [0.1, 0.15) is 6.54 Å². The molecule has 0 unspecified atom stereocenters. The highest BCUT2D eigenvalue weighted by atomic mass is 16.1. The van der Waals surface area contributed by atoms with E-state index in [1.54, 1.807) is 11.9 Å². The second kappa shape index (κ2) is 3.43. The Bertz CT molecular complexity index is 82.5. The van der Waals surface area contributed by atoms with Gasteiger partial charge in [0.05, 0.1) is 0 Å². The molecule has 0 spiro atoms. The summed E-state index contributed by atoms with van der Waals surface area (Å²) in [7, 11) is 1.80. The van der Waals surface area contributed by atoms with E-state index >= 15 is 0 Å². The summed E-state index contributed by atoms with van der Waals surface area (Å²) in [6, 6.07) is 0. The third kappa shape index (κ3) is 3.61. The number of likely N-dealkylation sites (N-methyl/N-ethyl adjacent to an activating group) is 1. The predicted molar refractivity (Wildman–Crippen MR) is 31.8 cm³/mol. The van der Waals surface area contributed by atoms with Crippen LogP contribution in [0.15, 0.2) is 0 Å². The molecule has 0 aromatic rings. The molecule has 0 saturated carbocycles. The molecule has 0 aliphatic heterocycles. The van der Waals surface area contributed by atoms with E-state index in [2.05, 4.69) is 0 Å². The van der Waals surface area contributed by atoms with Crippen molar-refractivity contribution in [3.63, 3.8) is 0 Å². The largest absolute Gasteiger partial charge is 0.368 e. The fourth-order valence-electron chi connectivity index (χ4n) is 0.308. The Morgan fingerprint density at radius 1 is 1.88 bits per heavy atom. The number of primary amides is 1. The van der Waals surface area contributed by atoms with Gasteiger partial charge in [-0.1, -0.05) is 6.92 Å². The lowest BCUT2D eigenvalue weighted by Crippen LogP contribution is -2.24. The Morgan fingerprint density at radius 2 is 2.38 bits per heavy atom. The van der Waals surface area contributed by atoms with Crippen LogP contribution in [0.25, 0.3) is 0 Å². The molecule has 0 heterocycles. The SMILES string of the molecule is CCN(C)[CH]C(N)=O. The highest BCUT2D eigenvalue weighted by Gasteiger charge is 1.97. The first-order chi connectivity index (χ1) is 3.66. The first kappa shape index (κ1) is 7.43. The van der Waals surface area contributed by atoms with Crippen molar-refractivity contribution in [2.45, 2.75) is 6.92 Å². The summed E-state index contributed by atoms with van der Waals surface area (Å²) in [6.07, 6.45) is 0. The molecule has 2 N–H and O–H groups in total. The van der Waals surface area contributed by atoms with Crippen molar-refractivity contribution in [2.75, 3.05) is 13.6 Å². The van der Waals surface area contributed by atoms with Gasteiger partial charge in [0.2, 0.25) is 5.91 Å². The fourth-order valence-corrected chi connectivity index (χ4v) is 0.308. The molecule has 0 rings (SSSR count). The van der Waals surface area contributed by atoms with Gasteiger partial charge in [-0.2, -0.15) is 0 Å². The molecule has 3 nitrogen and oxygen atoms in total. The number of nitrogens with two attached hydrogens (primary N) is 1. The highest BCUT2D eigenvalue weighted by molar-refractivity contribution is 5.82. The van der Waals surface area contributed by atoms with Crippen molar-refractivity contribution in [1.82, 2.24) is 4.90 Å². The molecule has 0 aliphatic rings. The van der Waals surface area contributed by atoms with Gasteiger partial charge in [-0.3, -0.25) is 9.69 Å². The number of nitrogens with zero attached hydrogens (tertiary/aromatic N) is 1. The molecule has 0 saturated heterocycles.